The summed E-state index contributed by atoms with van der Waals surface area (Å²) < 4.78 is 1.45. The Bertz CT molecular complexity index is 1360. The van der Waals surface area contributed by atoms with Gasteiger partial charge in [-0.1, -0.05) is 11.6 Å². The summed E-state index contributed by atoms with van der Waals surface area (Å²) in [6.45, 7) is 3.84. The predicted octanol–water partition coefficient (Wildman–Crippen LogP) is 2.38. The minimum absolute atomic E-state index is 0.0272. The Morgan fingerprint density at radius 1 is 1.19 bits per heavy atom. The summed E-state index contributed by atoms with van der Waals surface area (Å²) in [5.41, 5.74) is 2.54. The van der Waals surface area contributed by atoms with Crippen LogP contribution in [0.4, 0.5) is 17.5 Å². The topological polar surface area (TPSA) is 141 Å². The Hall–Kier alpha value is -3.48. The standard InChI is InChI=1S/C25H29ClN10O/c1-34-6-8-35(9-7-34)19(15-37)5-2-17-10-16(12-27)11-21(22(17)26)31-25-32-23(30-18-3-4-18)24-29-14-20(13-28)36(24)33-25/h10-11,14,18-19,37H,2-9,15H2,1H3,(H2,30,31,32,33). The SMILES string of the molecule is CN1CCN(C(CO)CCc2cc(C#N)cc(Nc3nc(NC4CC4)c4ncc(C#N)n4n3)c2Cl)CC1. The zero-order chi connectivity index (χ0) is 25.9. The Kier molecular flexibility index (Phi) is 7.40. The number of benzene rings is 1. The number of fused-ring (bicyclic) bond motifs is 1. The molecule has 3 N–H and O–H groups in total. The van der Waals surface area contributed by atoms with Gasteiger partial charge in [-0.2, -0.15) is 20.0 Å². The fourth-order valence-corrected chi connectivity index (χ4v) is 4.82. The molecule has 2 aromatic heterocycles. The van der Waals surface area contributed by atoms with Crippen molar-refractivity contribution in [2.24, 2.45) is 0 Å². The number of likely N-dealkylation sites (N-methyl/N-ethyl adjacent to an activating group) is 1. The highest BCUT2D eigenvalue weighted by Gasteiger charge is 2.25. The molecule has 1 atom stereocenters. The fourth-order valence-electron chi connectivity index (χ4n) is 4.57. The molecule has 0 bridgehead atoms. The van der Waals surface area contributed by atoms with Gasteiger partial charge in [-0.15, -0.1) is 5.10 Å². The van der Waals surface area contributed by atoms with Crippen molar-refractivity contribution in [3.05, 3.63) is 40.2 Å². The van der Waals surface area contributed by atoms with E-state index in [4.69, 9.17) is 11.6 Å². The number of hydrogen-bond donors (Lipinski definition) is 3. The van der Waals surface area contributed by atoms with E-state index in [0.717, 1.165) is 44.6 Å². The molecule has 0 amide bonds. The van der Waals surface area contributed by atoms with E-state index in [1.807, 2.05) is 0 Å². The van der Waals surface area contributed by atoms with Crippen molar-refractivity contribution in [3.8, 4) is 12.1 Å². The minimum Gasteiger partial charge on any atom is -0.395 e. The molecule has 37 heavy (non-hydrogen) atoms. The zero-order valence-electron chi connectivity index (χ0n) is 20.7. The number of aliphatic hydroxyl groups excluding tert-OH is 1. The summed E-state index contributed by atoms with van der Waals surface area (Å²) in [6.07, 6.45) is 4.88. The number of nitriles is 2. The highest BCUT2D eigenvalue weighted by Crippen LogP contribution is 2.32. The lowest BCUT2D eigenvalue weighted by molar-refractivity contribution is 0.0708. The minimum atomic E-state index is 0.0272. The number of rotatable bonds is 9. The van der Waals surface area contributed by atoms with Crippen LogP contribution in [0.1, 0.15) is 36.1 Å². The van der Waals surface area contributed by atoms with Crippen LogP contribution in [0.25, 0.3) is 5.65 Å². The molecule has 1 saturated heterocycles. The summed E-state index contributed by atoms with van der Waals surface area (Å²) in [5, 5.41) is 40.6. The smallest absolute Gasteiger partial charge is 0.247 e. The first-order valence-electron chi connectivity index (χ1n) is 12.4. The number of aromatic nitrogens is 4. The van der Waals surface area contributed by atoms with Gasteiger partial charge in [0, 0.05) is 38.3 Å². The van der Waals surface area contributed by atoms with Crippen LogP contribution in [-0.4, -0.2) is 86.4 Å². The van der Waals surface area contributed by atoms with Crippen molar-refractivity contribution < 1.29 is 5.11 Å². The van der Waals surface area contributed by atoms with Gasteiger partial charge >= 0.3 is 0 Å². The predicted molar refractivity (Wildman–Crippen MR) is 140 cm³/mol. The molecule has 5 rings (SSSR count). The molecule has 1 aliphatic carbocycles. The molecule has 192 valence electrons. The molecule has 11 nitrogen and oxygen atoms in total. The quantitative estimate of drug-likeness (QED) is 0.385. The Morgan fingerprint density at radius 3 is 2.65 bits per heavy atom. The third-order valence-corrected chi connectivity index (χ3v) is 7.38. The van der Waals surface area contributed by atoms with Gasteiger partial charge in [-0.3, -0.25) is 4.90 Å². The van der Waals surface area contributed by atoms with Crippen molar-refractivity contribution in [1.82, 2.24) is 29.4 Å². The van der Waals surface area contributed by atoms with Gasteiger partial charge in [0.15, 0.2) is 17.2 Å². The van der Waals surface area contributed by atoms with Crippen LogP contribution in [0, 0.1) is 22.7 Å². The van der Waals surface area contributed by atoms with Crippen LogP contribution >= 0.6 is 11.6 Å². The highest BCUT2D eigenvalue weighted by molar-refractivity contribution is 6.34. The molecule has 0 spiro atoms. The van der Waals surface area contributed by atoms with E-state index in [-0.39, 0.29) is 24.3 Å². The van der Waals surface area contributed by atoms with Crippen LogP contribution in [-0.2, 0) is 6.42 Å². The van der Waals surface area contributed by atoms with Crippen molar-refractivity contribution in [2.75, 3.05) is 50.5 Å². The van der Waals surface area contributed by atoms with Crippen LogP contribution in [0.5, 0.6) is 0 Å². The summed E-state index contributed by atoms with van der Waals surface area (Å²) in [7, 11) is 2.10. The fraction of sp³-hybridized carbons (Fsp3) is 0.480. The Morgan fingerprint density at radius 2 is 1.97 bits per heavy atom. The van der Waals surface area contributed by atoms with E-state index in [1.165, 1.54) is 10.7 Å². The van der Waals surface area contributed by atoms with E-state index < -0.39 is 0 Å². The first kappa shape index (κ1) is 25.2. The second kappa shape index (κ2) is 10.9. The number of piperazine rings is 1. The van der Waals surface area contributed by atoms with E-state index in [9.17, 15) is 15.6 Å². The average Bonchev–Trinajstić information content (AvgIpc) is 3.63. The lowest BCUT2D eigenvalue weighted by Gasteiger charge is -2.37. The van der Waals surface area contributed by atoms with Gasteiger partial charge in [0.05, 0.1) is 35.1 Å². The van der Waals surface area contributed by atoms with Gasteiger partial charge in [-0.25, -0.2) is 4.98 Å². The lowest BCUT2D eigenvalue weighted by Crippen LogP contribution is -2.50. The van der Waals surface area contributed by atoms with Crippen LogP contribution in [0.2, 0.25) is 5.02 Å². The summed E-state index contributed by atoms with van der Waals surface area (Å²) >= 11 is 6.81. The number of nitrogens with one attached hydrogen (secondary N) is 2. The number of imidazole rings is 1. The Labute approximate surface area is 220 Å². The Balaban J connectivity index is 1.40. The first-order chi connectivity index (χ1) is 18.0. The number of aryl methyl sites for hydroxylation is 1. The van der Waals surface area contributed by atoms with Gasteiger partial charge < -0.3 is 20.6 Å². The molecular weight excluding hydrogens is 492 g/mol. The van der Waals surface area contributed by atoms with E-state index >= 15 is 0 Å². The number of anilines is 3. The molecule has 1 aromatic carbocycles. The van der Waals surface area contributed by atoms with Crippen LogP contribution in [0.15, 0.2) is 18.3 Å². The van der Waals surface area contributed by atoms with Crippen LogP contribution in [0.3, 0.4) is 0 Å². The number of nitrogens with zero attached hydrogens (tertiary/aromatic N) is 8. The van der Waals surface area contributed by atoms with Crippen molar-refractivity contribution >= 4 is 34.7 Å². The second-order valence-electron chi connectivity index (χ2n) is 9.64. The van der Waals surface area contributed by atoms with Gasteiger partial charge in [0.1, 0.15) is 6.07 Å². The van der Waals surface area contributed by atoms with Crippen molar-refractivity contribution in [3.63, 3.8) is 0 Å². The maximum Gasteiger partial charge on any atom is 0.247 e. The molecule has 3 heterocycles. The maximum atomic E-state index is 10.0. The largest absolute Gasteiger partial charge is 0.395 e. The number of aliphatic hydroxyl groups is 1. The van der Waals surface area contributed by atoms with E-state index in [0.29, 0.717) is 46.6 Å². The van der Waals surface area contributed by atoms with Gasteiger partial charge in [-0.05, 0) is 50.4 Å². The van der Waals surface area contributed by atoms with Crippen molar-refractivity contribution in [2.45, 2.75) is 37.8 Å². The third-order valence-electron chi connectivity index (χ3n) is 6.93. The molecular formula is C25H29ClN10O. The van der Waals surface area contributed by atoms with Crippen LogP contribution < -0.4 is 10.6 Å². The highest BCUT2D eigenvalue weighted by atomic mass is 35.5. The molecule has 1 unspecified atom stereocenters. The number of halogens is 1. The van der Waals surface area contributed by atoms with Crippen molar-refractivity contribution in [1.29, 1.82) is 10.5 Å². The van der Waals surface area contributed by atoms with Gasteiger partial charge in [0.25, 0.3) is 0 Å². The third kappa shape index (κ3) is 5.60. The van der Waals surface area contributed by atoms with Gasteiger partial charge in [0.2, 0.25) is 5.95 Å². The molecule has 2 aliphatic rings. The monoisotopic (exact) mass is 520 g/mol. The molecule has 0 radical (unpaired) electrons. The van der Waals surface area contributed by atoms with E-state index in [2.05, 4.69) is 54.7 Å². The number of hydrogen-bond acceptors (Lipinski definition) is 10. The maximum absolute atomic E-state index is 10.0. The molecule has 3 aromatic rings. The second-order valence-corrected chi connectivity index (χ2v) is 10.0. The molecule has 1 aliphatic heterocycles. The molecule has 12 heteroatoms. The molecule has 2 fully saturated rings. The average molecular weight is 521 g/mol. The summed E-state index contributed by atoms with van der Waals surface area (Å²) in [4.78, 5) is 13.5. The first-order valence-corrected chi connectivity index (χ1v) is 12.8. The van der Waals surface area contributed by atoms with E-state index in [1.54, 1.807) is 12.1 Å². The zero-order valence-corrected chi connectivity index (χ0v) is 21.4. The summed E-state index contributed by atoms with van der Waals surface area (Å²) in [5.74, 6) is 0.769. The summed E-state index contributed by atoms with van der Waals surface area (Å²) in [6, 6.07) is 8.11. The molecule has 1 saturated carbocycles. The normalized spacial score (nSPS) is 17.3. The lowest BCUT2D eigenvalue weighted by atomic mass is 10.0.